The van der Waals surface area contributed by atoms with Gasteiger partial charge < -0.3 is 61.5 Å². The monoisotopic (exact) mass is 1180 g/mol. The Kier molecular flexibility index (Phi) is 21.3. The lowest BCUT2D eigenvalue weighted by molar-refractivity contribution is 0.261. The van der Waals surface area contributed by atoms with Crippen LogP contribution in [0.5, 0.6) is 23.0 Å². The van der Waals surface area contributed by atoms with Crippen molar-refractivity contribution < 1.29 is 38.1 Å². The molecule has 88 heavy (non-hydrogen) atoms. The summed E-state index contributed by atoms with van der Waals surface area (Å²) in [6.45, 7) is 13.0. The smallest absolute Gasteiger partial charge is 0.323 e. The van der Waals surface area contributed by atoms with Gasteiger partial charge in [0.05, 0.1) is 27.4 Å². The van der Waals surface area contributed by atoms with E-state index in [1.165, 1.54) is 0 Å². The molecule has 8 aromatic rings. The van der Waals surface area contributed by atoms with Crippen LogP contribution in [0.1, 0.15) is 119 Å². The number of carbonyl (C=O) groups is 4. The molecule has 0 aromatic heterocycles. The molecule has 0 spiro atoms. The van der Waals surface area contributed by atoms with Gasteiger partial charge in [-0.05, 0) is 138 Å². The molecule has 456 valence electrons. The Labute approximate surface area is 516 Å². The molecule has 8 aromatic carbocycles. The zero-order valence-electron chi connectivity index (χ0n) is 51.6. The number of benzene rings is 8. The van der Waals surface area contributed by atoms with Gasteiger partial charge in [0.1, 0.15) is 23.0 Å². The zero-order chi connectivity index (χ0) is 62.1. The largest absolute Gasteiger partial charge is 0.496 e. The van der Waals surface area contributed by atoms with Crippen LogP contribution in [0.4, 0.5) is 64.7 Å². The fourth-order valence-corrected chi connectivity index (χ4v) is 10.8. The van der Waals surface area contributed by atoms with E-state index >= 15 is 0 Å². The van der Waals surface area contributed by atoms with E-state index in [-0.39, 0.29) is 25.7 Å². The van der Waals surface area contributed by atoms with Gasteiger partial charge in [-0.15, -0.1) is 0 Å². The van der Waals surface area contributed by atoms with Crippen LogP contribution in [0.2, 0.25) is 0 Å². The third kappa shape index (κ3) is 17.1. The Hall–Kier alpha value is -9.96. The molecule has 0 unspecified atom stereocenters. The average Bonchev–Trinajstić information content (AvgIpc) is 1.02. The van der Waals surface area contributed by atoms with Crippen LogP contribution >= 0.6 is 0 Å². The van der Waals surface area contributed by atoms with Crippen molar-refractivity contribution in [3.05, 3.63) is 212 Å². The van der Waals surface area contributed by atoms with Crippen LogP contribution in [0, 0.1) is 27.7 Å². The first-order valence-electron chi connectivity index (χ1n) is 30.2. The molecule has 16 nitrogen and oxygen atoms in total. The number of unbranched alkanes of at least 4 members (excludes halogenated alkanes) is 4. The van der Waals surface area contributed by atoms with Crippen molar-refractivity contribution in [3.63, 3.8) is 0 Å². The van der Waals surface area contributed by atoms with Gasteiger partial charge in [-0.25, -0.2) is 19.2 Å². The quantitative estimate of drug-likeness (QED) is 0.0344. The van der Waals surface area contributed by atoms with Crippen LogP contribution in [0.15, 0.2) is 146 Å². The first kappa shape index (κ1) is 62.6. The van der Waals surface area contributed by atoms with Crippen molar-refractivity contribution in [2.45, 2.75) is 106 Å². The summed E-state index contributed by atoms with van der Waals surface area (Å²) in [5, 5.41) is 24.5. The molecule has 16 heteroatoms. The fraction of sp³-hybridized carbons (Fsp3) is 0.278. The lowest BCUT2D eigenvalue weighted by Crippen LogP contribution is -2.21. The number of fused-ring (bicyclic) bond motifs is 8. The molecule has 8 amide bonds. The third-order valence-electron chi connectivity index (χ3n) is 15.2. The van der Waals surface area contributed by atoms with Crippen LogP contribution in [0.3, 0.4) is 0 Å². The maximum atomic E-state index is 14.1. The Morgan fingerprint density at radius 1 is 0.307 bits per heavy atom. The number of carbonyl (C=O) groups excluding carboxylic acids is 4. The molecule has 8 N–H and O–H groups in total. The number of hydrogen-bond donors (Lipinski definition) is 8. The SMILES string of the molecule is CCCCCOc1c2cc(NC(=O)Nc3ccc(C)cc3)cc1Cc1cc(NC(=O)Nc3ccc(C)cc3)cc(c1OC)Cc1cc(NC(=O)Nc3ccc(C)cc3)cc(c1OCCCCC)Cc1cc(NC(=O)Nc3ccc(C)cc3)cc(c1OC)C2. The Balaban J connectivity index is 1.27. The predicted octanol–water partition coefficient (Wildman–Crippen LogP) is 17.3. The minimum atomic E-state index is -0.453. The van der Waals surface area contributed by atoms with E-state index in [1.807, 2.05) is 173 Å². The minimum Gasteiger partial charge on any atom is -0.496 e. The number of anilines is 8. The van der Waals surface area contributed by atoms with Crippen molar-refractivity contribution in [3.8, 4) is 23.0 Å². The number of aryl methyl sites for hydroxylation is 4. The molecule has 0 saturated heterocycles. The van der Waals surface area contributed by atoms with Crippen molar-refractivity contribution in [1.29, 1.82) is 0 Å². The first-order valence-corrected chi connectivity index (χ1v) is 30.2. The normalized spacial score (nSPS) is 11.5. The summed E-state index contributed by atoms with van der Waals surface area (Å²) in [5.74, 6) is 2.29. The van der Waals surface area contributed by atoms with Gasteiger partial charge in [0.15, 0.2) is 0 Å². The van der Waals surface area contributed by atoms with E-state index in [9.17, 15) is 19.2 Å². The highest BCUT2D eigenvalue weighted by molar-refractivity contribution is 6.02. The lowest BCUT2D eigenvalue weighted by atomic mass is 9.90. The minimum absolute atomic E-state index is 0.200. The fourth-order valence-electron chi connectivity index (χ4n) is 10.8. The van der Waals surface area contributed by atoms with E-state index in [1.54, 1.807) is 14.2 Å². The van der Waals surface area contributed by atoms with Crippen molar-refractivity contribution in [2.24, 2.45) is 0 Å². The number of urea groups is 4. The molecule has 1 aliphatic carbocycles. The highest BCUT2D eigenvalue weighted by atomic mass is 16.5. The molecule has 8 bridgehead atoms. The topological polar surface area (TPSA) is 201 Å². The second-order valence-electron chi connectivity index (χ2n) is 22.5. The molecule has 0 saturated carbocycles. The van der Waals surface area contributed by atoms with E-state index < -0.39 is 24.1 Å². The Bertz CT molecular complexity index is 3410. The number of hydrogen-bond acceptors (Lipinski definition) is 8. The number of nitrogens with one attached hydrogen (secondary N) is 8. The second kappa shape index (κ2) is 29.9. The average molecular weight is 1190 g/mol. The van der Waals surface area contributed by atoms with Crippen molar-refractivity contribution >= 4 is 69.6 Å². The Morgan fingerprint density at radius 3 is 0.716 bits per heavy atom. The molecule has 0 radical (unpaired) electrons. The molecule has 9 rings (SSSR count). The number of rotatable bonds is 20. The predicted molar refractivity (Wildman–Crippen MR) is 355 cm³/mol. The van der Waals surface area contributed by atoms with Crippen LogP contribution in [-0.4, -0.2) is 51.6 Å². The van der Waals surface area contributed by atoms with Gasteiger partial charge in [0, 0.05) is 116 Å². The third-order valence-corrected chi connectivity index (χ3v) is 15.2. The van der Waals surface area contributed by atoms with Gasteiger partial charge in [-0.3, -0.25) is 0 Å². The molecular formula is C72H80N8O8. The van der Waals surface area contributed by atoms with Gasteiger partial charge in [0.2, 0.25) is 0 Å². The summed E-state index contributed by atoms with van der Waals surface area (Å²) in [6.07, 6.45) is 6.19. The summed E-state index contributed by atoms with van der Waals surface area (Å²) >= 11 is 0. The summed E-state index contributed by atoms with van der Waals surface area (Å²) in [6, 6.07) is 43.7. The van der Waals surface area contributed by atoms with Gasteiger partial charge >= 0.3 is 24.1 Å². The summed E-state index contributed by atoms with van der Waals surface area (Å²) < 4.78 is 27.0. The van der Waals surface area contributed by atoms with Crippen molar-refractivity contribution in [2.75, 3.05) is 70.0 Å². The molecule has 0 aliphatic heterocycles. The van der Waals surface area contributed by atoms with E-state index in [2.05, 4.69) is 56.4 Å². The first-order chi connectivity index (χ1) is 42.6. The number of methoxy groups -OCH3 is 2. The Morgan fingerprint density at radius 2 is 0.511 bits per heavy atom. The van der Waals surface area contributed by atoms with Crippen LogP contribution in [0.25, 0.3) is 0 Å². The molecule has 0 heterocycles. The van der Waals surface area contributed by atoms with Crippen LogP contribution < -0.4 is 61.5 Å². The molecule has 1 aliphatic rings. The number of ether oxygens (including phenoxy) is 4. The molecular weight excluding hydrogens is 1100 g/mol. The second-order valence-corrected chi connectivity index (χ2v) is 22.5. The van der Waals surface area contributed by atoms with E-state index in [4.69, 9.17) is 18.9 Å². The maximum Gasteiger partial charge on any atom is 0.323 e. The van der Waals surface area contributed by atoms with Crippen molar-refractivity contribution in [1.82, 2.24) is 0 Å². The zero-order valence-corrected chi connectivity index (χ0v) is 51.6. The molecule has 0 atom stereocenters. The van der Waals surface area contributed by atoms with E-state index in [0.717, 1.165) is 83.0 Å². The van der Waals surface area contributed by atoms with Gasteiger partial charge in [-0.1, -0.05) is 110 Å². The maximum absolute atomic E-state index is 14.1. The summed E-state index contributed by atoms with van der Waals surface area (Å²) in [5.41, 5.74) is 14.3. The lowest BCUT2D eigenvalue weighted by Gasteiger charge is -2.24. The standard InChI is InChI=1S/C72H80N8O8/c1-9-11-13-31-87-67-53-33-49-37-61(77-69(81)73-57-23-15-45(3)16-24-57)39-51(65(49)85-7)35-55-43-64(80-72(84)76-60-29-21-48(6)22-30-60)44-56(68(55)88-32-14-12-10-2)36-52-40-62(78-70(82)74-58-25-17-46(4)18-26-58)38-50(66(52)86-8)34-54(67)42-63(41-53)79-71(83)75-59-27-19-47(5)20-28-59/h15-30,37-44H,9-14,31-36H2,1-8H3,(H2,73,77,81)(H2,74,78,82)(H2,75,79,83)(H2,76,80,84). The summed E-state index contributed by atoms with van der Waals surface area (Å²) in [7, 11) is 3.26. The summed E-state index contributed by atoms with van der Waals surface area (Å²) in [4.78, 5) is 56.4. The highest BCUT2D eigenvalue weighted by Gasteiger charge is 2.26. The van der Waals surface area contributed by atoms with Crippen LogP contribution in [-0.2, 0) is 25.7 Å². The van der Waals surface area contributed by atoms with E-state index in [0.29, 0.717) is 104 Å². The van der Waals surface area contributed by atoms with Gasteiger partial charge in [-0.2, -0.15) is 0 Å². The molecule has 0 fully saturated rings. The number of amides is 8. The highest BCUT2D eigenvalue weighted by Crippen LogP contribution is 2.43. The van der Waals surface area contributed by atoms with Gasteiger partial charge in [0.25, 0.3) is 0 Å².